The van der Waals surface area contributed by atoms with Gasteiger partial charge in [-0.1, -0.05) is 12.1 Å². The first-order chi connectivity index (χ1) is 16.0. The van der Waals surface area contributed by atoms with Crippen molar-refractivity contribution in [3.63, 3.8) is 0 Å². The van der Waals surface area contributed by atoms with Gasteiger partial charge in [0.1, 0.15) is 16.5 Å². The normalized spacial score (nSPS) is 27.0. The molecule has 0 spiro atoms. The highest BCUT2D eigenvalue weighted by molar-refractivity contribution is 7.90. The predicted octanol–water partition coefficient (Wildman–Crippen LogP) is 2.67. The molecule has 2 heterocycles. The van der Waals surface area contributed by atoms with E-state index in [2.05, 4.69) is 10.0 Å². The number of nitrogens with zero attached hydrogens (tertiary/aromatic N) is 1. The Hall–Kier alpha value is -2.01. The van der Waals surface area contributed by atoms with Crippen LogP contribution in [0.5, 0.6) is 0 Å². The second kappa shape index (κ2) is 9.56. The molecule has 8 nitrogen and oxygen atoms in total. The number of hydrogen-bond acceptors (Lipinski definition) is 6. The minimum atomic E-state index is -1.50. The SMILES string of the molecule is CC(C)(C)[S@+]([O-])N[C@@]1(CC[C@H]2C(=O)NC(=O)N(C3CCOCC3)C2=O)CCc2cccc(F)c21. The van der Waals surface area contributed by atoms with E-state index in [1.54, 1.807) is 6.07 Å². The molecule has 3 atom stereocenters. The predicted molar refractivity (Wildman–Crippen MR) is 124 cm³/mol. The highest BCUT2D eigenvalue weighted by atomic mass is 32.2. The van der Waals surface area contributed by atoms with E-state index in [1.807, 2.05) is 26.8 Å². The number of rotatable bonds is 6. The zero-order chi connectivity index (χ0) is 24.7. The molecule has 0 aromatic heterocycles. The maximum atomic E-state index is 15.1. The zero-order valence-electron chi connectivity index (χ0n) is 19.8. The molecule has 34 heavy (non-hydrogen) atoms. The molecule has 0 saturated carbocycles. The van der Waals surface area contributed by atoms with E-state index < -0.39 is 51.2 Å². The van der Waals surface area contributed by atoms with Crippen molar-refractivity contribution in [1.82, 2.24) is 14.9 Å². The summed E-state index contributed by atoms with van der Waals surface area (Å²) in [5.41, 5.74) is 0.301. The molecule has 1 aromatic carbocycles. The molecule has 2 saturated heterocycles. The van der Waals surface area contributed by atoms with Crippen molar-refractivity contribution >= 4 is 29.2 Å². The summed E-state index contributed by atoms with van der Waals surface area (Å²) in [6.45, 7) is 6.38. The zero-order valence-corrected chi connectivity index (χ0v) is 20.6. The van der Waals surface area contributed by atoms with Crippen LogP contribution in [-0.4, -0.2) is 51.3 Å². The molecule has 1 aliphatic carbocycles. The van der Waals surface area contributed by atoms with Gasteiger partial charge in [-0.3, -0.25) is 19.8 Å². The van der Waals surface area contributed by atoms with Crippen molar-refractivity contribution in [3.05, 3.63) is 35.1 Å². The number of fused-ring (bicyclic) bond motifs is 1. The minimum Gasteiger partial charge on any atom is -0.598 e. The van der Waals surface area contributed by atoms with Crippen LogP contribution in [0.3, 0.4) is 0 Å². The van der Waals surface area contributed by atoms with Gasteiger partial charge in [-0.25, -0.2) is 9.18 Å². The average molecular weight is 494 g/mol. The van der Waals surface area contributed by atoms with Gasteiger partial charge in [-0.15, -0.1) is 4.72 Å². The molecule has 186 valence electrons. The number of barbiturate groups is 1. The lowest BCUT2D eigenvalue weighted by molar-refractivity contribution is -0.145. The fourth-order valence-corrected chi connectivity index (χ4v) is 6.05. The third-order valence-electron chi connectivity index (χ3n) is 6.96. The van der Waals surface area contributed by atoms with Gasteiger partial charge >= 0.3 is 6.03 Å². The van der Waals surface area contributed by atoms with Crippen LogP contribution < -0.4 is 10.0 Å². The maximum absolute atomic E-state index is 15.1. The van der Waals surface area contributed by atoms with Crippen molar-refractivity contribution in [1.29, 1.82) is 0 Å². The van der Waals surface area contributed by atoms with Gasteiger partial charge in [0.05, 0.1) is 5.54 Å². The molecule has 0 radical (unpaired) electrons. The van der Waals surface area contributed by atoms with Gasteiger partial charge in [-0.2, -0.15) is 0 Å². The summed E-state index contributed by atoms with van der Waals surface area (Å²) in [6.07, 6.45) is 2.46. The van der Waals surface area contributed by atoms with Gasteiger partial charge in [0.25, 0.3) is 0 Å². The number of hydrogen-bond donors (Lipinski definition) is 2. The van der Waals surface area contributed by atoms with Gasteiger partial charge in [0.2, 0.25) is 11.8 Å². The van der Waals surface area contributed by atoms with E-state index in [1.165, 1.54) is 6.07 Å². The van der Waals surface area contributed by atoms with Crippen LogP contribution in [0, 0.1) is 11.7 Å². The van der Waals surface area contributed by atoms with Gasteiger partial charge in [0.15, 0.2) is 0 Å². The van der Waals surface area contributed by atoms with Crippen molar-refractivity contribution in [2.24, 2.45) is 5.92 Å². The number of nitrogens with one attached hydrogen (secondary N) is 2. The van der Waals surface area contributed by atoms with E-state index in [4.69, 9.17) is 4.74 Å². The number of carbonyl (C=O) groups is 3. The van der Waals surface area contributed by atoms with E-state index in [9.17, 15) is 18.9 Å². The summed E-state index contributed by atoms with van der Waals surface area (Å²) < 4.78 is 36.1. The Balaban J connectivity index is 1.60. The Kier molecular flexibility index (Phi) is 7.06. The lowest BCUT2D eigenvalue weighted by Gasteiger charge is -2.39. The molecular formula is C24H32FN3O5S. The van der Waals surface area contributed by atoms with Crippen molar-refractivity contribution in [3.8, 4) is 0 Å². The molecule has 4 rings (SSSR count). The van der Waals surface area contributed by atoms with E-state index >= 15 is 4.39 Å². The summed E-state index contributed by atoms with van der Waals surface area (Å²) in [5, 5.41) is 2.32. The summed E-state index contributed by atoms with van der Waals surface area (Å²) in [4.78, 5) is 39.6. The first-order valence-electron chi connectivity index (χ1n) is 11.8. The number of benzene rings is 1. The largest absolute Gasteiger partial charge is 0.598 e. The minimum absolute atomic E-state index is 0.0970. The van der Waals surface area contributed by atoms with Crippen molar-refractivity contribution in [2.45, 2.75) is 75.6 Å². The molecule has 0 bridgehead atoms. The Morgan fingerprint density at radius 2 is 1.97 bits per heavy atom. The Morgan fingerprint density at radius 3 is 2.65 bits per heavy atom. The van der Waals surface area contributed by atoms with E-state index in [-0.39, 0.29) is 18.9 Å². The van der Waals surface area contributed by atoms with Gasteiger partial charge in [0, 0.05) is 36.2 Å². The quantitative estimate of drug-likeness (QED) is 0.466. The first-order valence-corrected chi connectivity index (χ1v) is 12.9. The molecule has 4 amide bonds. The summed E-state index contributed by atoms with van der Waals surface area (Å²) in [6, 6.07) is 3.87. The number of halogens is 1. The van der Waals surface area contributed by atoms with Crippen LogP contribution in [0.25, 0.3) is 0 Å². The molecule has 2 N–H and O–H groups in total. The Bertz CT molecular complexity index is 978. The average Bonchev–Trinajstić information content (AvgIpc) is 3.13. The number of carbonyl (C=O) groups excluding carboxylic acids is 3. The van der Waals surface area contributed by atoms with Crippen LogP contribution in [0.1, 0.15) is 64.0 Å². The van der Waals surface area contributed by atoms with E-state index in [0.717, 1.165) is 10.5 Å². The van der Waals surface area contributed by atoms with Gasteiger partial charge < -0.3 is 9.29 Å². The fraction of sp³-hybridized carbons (Fsp3) is 0.625. The summed E-state index contributed by atoms with van der Waals surface area (Å²) in [5.74, 6) is -2.64. The summed E-state index contributed by atoms with van der Waals surface area (Å²) in [7, 11) is 0. The number of imide groups is 2. The maximum Gasteiger partial charge on any atom is 0.331 e. The summed E-state index contributed by atoms with van der Waals surface area (Å²) >= 11 is -1.50. The van der Waals surface area contributed by atoms with Crippen LogP contribution in [0.4, 0.5) is 9.18 Å². The number of aryl methyl sites for hydroxylation is 1. The van der Waals surface area contributed by atoms with Crippen LogP contribution in [0.2, 0.25) is 0 Å². The second-order valence-electron chi connectivity index (χ2n) is 10.3. The molecule has 2 aliphatic heterocycles. The van der Waals surface area contributed by atoms with Crippen LogP contribution >= 0.6 is 0 Å². The third kappa shape index (κ3) is 4.73. The standard InChI is InChI=1S/C24H32FN3O5S/c1-23(2,3)34(32)27-24(11-7-15-5-4-6-18(25)19(15)24)12-8-17-20(29)26-22(31)28(21(17)30)16-9-13-33-14-10-16/h4-6,16-17,27H,7-14H2,1-3H3,(H,26,29,31)/t17-,24+,34-/m0/s1. The monoisotopic (exact) mass is 493 g/mol. The Labute approximate surface area is 202 Å². The topological polar surface area (TPSA) is 111 Å². The molecule has 3 aliphatic rings. The molecule has 1 aromatic rings. The highest BCUT2D eigenvalue weighted by Crippen LogP contribution is 2.44. The fourth-order valence-electron chi connectivity index (χ4n) is 5.09. The lowest BCUT2D eigenvalue weighted by atomic mass is 9.83. The number of ether oxygens (including phenoxy) is 1. The number of urea groups is 1. The Morgan fingerprint density at radius 1 is 1.26 bits per heavy atom. The highest BCUT2D eigenvalue weighted by Gasteiger charge is 2.49. The molecule has 0 unspecified atom stereocenters. The molecule has 2 fully saturated rings. The van der Waals surface area contributed by atoms with Crippen LogP contribution in [-0.2, 0) is 37.6 Å². The van der Waals surface area contributed by atoms with E-state index in [0.29, 0.717) is 44.5 Å². The smallest absolute Gasteiger partial charge is 0.331 e. The number of amides is 4. The molecule has 10 heteroatoms. The van der Waals surface area contributed by atoms with Crippen molar-refractivity contribution < 1.29 is 28.1 Å². The van der Waals surface area contributed by atoms with Crippen molar-refractivity contribution in [2.75, 3.05) is 13.2 Å². The third-order valence-corrected chi connectivity index (χ3v) is 8.65. The van der Waals surface area contributed by atoms with Gasteiger partial charge in [-0.05, 0) is 70.9 Å². The van der Waals surface area contributed by atoms with Crippen LogP contribution in [0.15, 0.2) is 18.2 Å². The lowest BCUT2D eigenvalue weighted by Crippen LogP contribution is -2.62. The molecular weight excluding hydrogens is 461 g/mol. The second-order valence-corrected chi connectivity index (χ2v) is 12.2. The first kappa shape index (κ1) is 25.1.